The van der Waals surface area contributed by atoms with Crippen LogP contribution in [0.1, 0.15) is 19.4 Å². The highest BCUT2D eigenvalue weighted by atomic mass is 16.5. The van der Waals surface area contributed by atoms with Gasteiger partial charge in [0.05, 0.1) is 13.2 Å². The fraction of sp³-hybridized carbons (Fsp3) is 0.533. The monoisotopic (exact) mass is 278 g/mol. The van der Waals surface area contributed by atoms with Gasteiger partial charge < -0.3 is 20.1 Å². The Morgan fingerprint density at radius 2 is 2.30 bits per heavy atom. The molecule has 0 fully saturated rings. The lowest BCUT2D eigenvalue weighted by atomic mass is 10.0. The van der Waals surface area contributed by atoms with E-state index in [9.17, 15) is 4.79 Å². The molecule has 5 nitrogen and oxygen atoms in total. The number of carbonyl (C=O) groups is 1. The van der Waals surface area contributed by atoms with Gasteiger partial charge >= 0.3 is 6.03 Å². The highest BCUT2D eigenvalue weighted by molar-refractivity contribution is 5.74. The first-order chi connectivity index (χ1) is 9.60. The molecule has 1 heterocycles. The number of ether oxygens (including phenoxy) is 2. The lowest BCUT2D eigenvalue weighted by molar-refractivity contribution is 0.209. The van der Waals surface area contributed by atoms with Gasteiger partial charge in [0.2, 0.25) is 0 Å². The number of hydrogen-bond acceptors (Lipinski definition) is 3. The molecule has 1 unspecified atom stereocenters. The van der Waals surface area contributed by atoms with E-state index in [0.717, 1.165) is 23.5 Å². The molecule has 1 aromatic rings. The maximum atomic E-state index is 11.7. The van der Waals surface area contributed by atoms with Crippen LogP contribution in [0.25, 0.3) is 0 Å². The molecule has 1 aromatic carbocycles. The van der Waals surface area contributed by atoms with Crippen LogP contribution in [0.15, 0.2) is 18.2 Å². The number of carbonyl (C=O) groups excluding carboxylic acids is 1. The molecule has 0 radical (unpaired) electrons. The Balaban J connectivity index is 1.93. The molecule has 0 saturated heterocycles. The summed E-state index contributed by atoms with van der Waals surface area (Å²) in [4.78, 5) is 11.7. The largest absolute Gasteiger partial charge is 0.493 e. The minimum absolute atomic E-state index is 0.0123. The first-order valence-corrected chi connectivity index (χ1v) is 6.93. The van der Waals surface area contributed by atoms with Crippen LogP contribution in [0.3, 0.4) is 0 Å². The quantitative estimate of drug-likeness (QED) is 0.885. The van der Waals surface area contributed by atoms with Crippen molar-refractivity contribution in [2.24, 2.45) is 5.92 Å². The van der Waals surface area contributed by atoms with E-state index in [2.05, 4.69) is 24.5 Å². The standard InChI is InChI=1S/C15H22N2O3/c1-10(2)8-16-15(18)17-12-7-11-5-4-6-13(19-3)14(11)20-9-12/h4-6,10,12H,7-9H2,1-3H3,(H2,16,17,18). The van der Waals surface area contributed by atoms with E-state index in [0.29, 0.717) is 19.1 Å². The van der Waals surface area contributed by atoms with Gasteiger partial charge in [0.15, 0.2) is 11.5 Å². The summed E-state index contributed by atoms with van der Waals surface area (Å²) >= 11 is 0. The fourth-order valence-corrected chi connectivity index (χ4v) is 2.18. The van der Waals surface area contributed by atoms with Crippen molar-refractivity contribution in [2.75, 3.05) is 20.3 Å². The van der Waals surface area contributed by atoms with Gasteiger partial charge in [-0.05, 0) is 18.4 Å². The average Bonchev–Trinajstić information content (AvgIpc) is 2.44. The van der Waals surface area contributed by atoms with Gasteiger partial charge in [-0.1, -0.05) is 26.0 Å². The smallest absolute Gasteiger partial charge is 0.315 e. The Bertz CT molecular complexity index is 474. The van der Waals surface area contributed by atoms with Crippen molar-refractivity contribution in [1.29, 1.82) is 0 Å². The molecular weight excluding hydrogens is 256 g/mol. The number of amides is 2. The van der Waals surface area contributed by atoms with Crippen LogP contribution in [0.2, 0.25) is 0 Å². The zero-order valence-corrected chi connectivity index (χ0v) is 12.2. The van der Waals surface area contributed by atoms with E-state index in [1.807, 2.05) is 18.2 Å². The molecule has 20 heavy (non-hydrogen) atoms. The normalized spacial score (nSPS) is 17.1. The second kappa shape index (κ2) is 6.50. The molecule has 2 N–H and O–H groups in total. The molecule has 0 aromatic heterocycles. The predicted octanol–water partition coefficient (Wildman–Crippen LogP) is 1.95. The summed E-state index contributed by atoms with van der Waals surface area (Å²) in [6.45, 7) is 5.26. The lowest BCUT2D eigenvalue weighted by Gasteiger charge is -2.27. The van der Waals surface area contributed by atoms with Crippen molar-refractivity contribution in [1.82, 2.24) is 10.6 Å². The van der Waals surface area contributed by atoms with Crippen LogP contribution in [0, 0.1) is 5.92 Å². The number of rotatable bonds is 4. The summed E-state index contributed by atoms with van der Waals surface area (Å²) < 4.78 is 11.0. The highest BCUT2D eigenvalue weighted by Gasteiger charge is 2.23. The van der Waals surface area contributed by atoms with Crippen molar-refractivity contribution in [3.05, 3.63) is 23.8 Å². The maximum Gasteiger partial charge on any atom is 0.315 e. The molecule has 110 valence electrons. The van der Waals surface area contributed by atoms with E-state index >= 15 is 0 Å². The summed E-state index contributed by atoms with van der Waals surface area (Å²) in [5.41, 5.74) is 1.06. The third-order valence-electron chi connectivity index (χ3n) is 3.18. The number of hydrogen-bond donors (Lipinski definition) is 2. The number of nitrogens with one attached hydrogen (secondary N) is 2. The molecule has 0 bridgehead atoms. The fourth-order valence-electron chi connectivity index (χ4n) is 2.18. The first kappa shape index (κ1) is 14.5. The summed E-state index contributed by atoms with van der Waals surface area (Å²) in [7, 11) is 1.63. The molecule has 0 saturated carbocycles. The van der Waals surface area contributed by atoms with E-state index < -0.39 is 0 Å². The molecule has 2 amide bonds. The van der Waals surface area contributed by atoms with Gasteiger partial charge in [-0.2, -0.15) is 0 Å². The van der Waals surface area contributed by atoms with Gasteiger partial charge in [0, 0.05) is 12.1 Å². The van der Waals surface area contributed by atoms with E-state index in [-0.39, 0.29) is 12.1 Å². The molecule has 0 spiro atoms. The van der Waals surface area contributed by atoms with Crippen molar-refractivity contribution in [3.63, 3.8) is 0 Å². The predicted molar refractivity (Wildman–Crippen MR) is 77.4 cm³/mol. The Morgan fingerprint density at radius 3 is 3.00 bits per heavy atom. The number of urea groups is 1. The van der Waals surface area contributed by atoms with Crippen LogP contribution in [0.4, 0.5) is 4.79 Å². The molecular formula is C15H22N2O3. The summed E-state index contributed by atoms with van der Waals surface area (Å²) in [6, 6.07) is 5.66. The third-order valence-corrected chi connectivity index (χ3v) is 3.18. The third kappa shape index (κ3) is 3.56. The van der Waals surface area contributed by atoms with E-state index in [1.54, 1.807) is 7.11 Å². The van der Waals surface area contributed by atoms with Crippen LogP contribution < -0.4 is 20.1 Å². The van der Waals surface area contributed by atoms with Crippen LogP contribution in [0.5, 0.6) is 11.5 Å². The number of methoxy groups -OCH3 is 1. The van der Waals surface area contributed by atoms with Crippen molar-refractivity contribution >= 4 is 6.03 Å². The molecule has 1 aliphatic rings. The minimum atomic E-state index is -0.140. The summed E-state index contributed by atoms with van der Waals surface area (Å²) in [6.07, 6.45) is 0.752. The molecule has 5 heteroatoms. The molecule has 2 rings (SSSR count). The lowest BCUT2D eigenvalue weighted by Crippen LogP contribution is -2.47. The highest BCUT2D eigenvalue weighted by Crippen LogP contribution is 2.34. The minimum Gasteiger partial charge on any atom is -0.493 e. The Kier molecular flexibility index (Phi) is 4.71. The Hall–Kier alpha value is -1.91. The van der Waals surface area contributed by atoms with Gasteiger partial charge in [0.25, 0.3) is 0 Å². The Morgan fingerprint density at radius 1 is 1.50 bits per heavy atom. The number of fused-ring (bicyclic) bond motifs is 1. The summed E-state index contributed by atoms with van der Waals surface area (Å²) in [5.74, 6) is 1.97. The van der Waals surface area contributed by atoms with Gasteiger partial charge in [0.1, 0.15) is 6.61 Å². The zero-order valence-electron chi connectivity index (χ0n) is 12.2. The van der Waals surface area contributed by atoms with Crippen LogP contribution in [-0.4, -0.2) is 32.3 Å². The second-order valence-corrected chi connectivity index (χ2v) is 5.41. The molecule has 1 aliphatic heterocycles. The number of para-hydroxylation sites is 1. The van der Waals surface area contributed by atoms with Crippen LogP contribution >= 0.6 is 0 Å². The molecule has 1 atom stereocenters. The SMILES string of the molecule is COc1cccc2c1OCC(NC(=O)NCC(C)C)C2. The zero-order chi connectivity index (χ0) is 14.5. The van der Waals surface area contributed by atoms with Crippen LogP contribution in [-0.2, 0) is 6.42 Å². The van der Waals surface area contributed by atoms with Crippen molar-refractivity contribution in [2.45, 2.75) is 26.3 Å². The first-order valence-electron chi connectivity index (χ1n) is 6.93. The Labute approximate surface area is 119 Å². The summed E-state index contributed by atoms with van der Waals surface area (Å²) in [5, 5.41) is 5.78. The van der Waals surface area contributed by atoms with Crippen molar-refractivity contribution < 1.29 is 14.3 Å². The van der Waals surface area contributed by atoms with Gasteiger partial charge in [-0.15, -0.1) is 0 Å². The van der Waals surface area contributed by atoms with Gasteiger partial charge in [-0.3, -0.25) is 0 Å². The average molecular weight is 278 g/mol. The molecule has 0 aliphatic carbocycles. The second-order valence-electron chi connectivity index (χ2n) is 5.41. The topological polar surface area (TPSA) is 59.6 Å². The van der Waals surface area contributed by atoms with E-state index in [4.69, 9.17) is 9.47 Å². The number of benzene rings is 1. The van der Waals surface area contributed by atoms with E-state index in [1.165, 1.54) is 0 Å². The van der Waals surface area contributed by atoms with Crippen molar-refractivity contribution in [3.8, 4) is 11.5 Å². The maximum absolute atomic E-state index is 11.7. The van der Waals surface area contributed by atoms with Gasteiger partial charge in [-0.25, -0.2) is 4.79 Å².